The molecule has 0 heterocycles. The molecule has 0 saturated heterocycles. The Morgan fingerprint density at radius 1 is 0.610 bits per heavy atom. The first-order chi connectivity index (χ1) is 20.1. The molecule has 41 heavy (non-hydrogen) atoms. The number of rotatable bonds is 33. The van der Waals surface area contributed by atoms with Crippen LogP contribution in [-0.2, 0) is 0 Å². The van der Waals surface area contributed by atoms with Crippen LogP contribution in [0.4, 0.5) is 0 Å². The lowest BCUT2D eigenvalue weighted by Gasteiger charge is -2.26. The molecule has 0 spiro atoms. The molecule has 0 amide bonds. The van der Waals surface area contributed by atoms with E-state index < -0.39 is 0 Å². The van der Waals surface area contributed by atoms with Gasteiger partial charge in [-0.2, -0.15) is 0 Å². The van der Waals surface area contributed by atoms with Crippen LogP contribution in [0, 0.1) is 11.8 Å². The minimum absolute atomic E-state index is 0.669. The minimum atomic E-state index is 0.669. The summed E-state index contributed by atoms with van der Waals surface area (Å²) in [4.78, 5) is 2.73. The maximum Gasteiger partial charge on any atom is -0.00187 e. The average molecular weight is 590 g/mol. The molecular formula is C39H75NS. The molecular weight excluding hydrogens is 515 g/mol. The van der Waals surface area contributed by atoms with Crippen molar-refractivity contribution in [2.24, 2.45) is 11.8 Å². The van der Waals surface area contributed by atoms with E-state index >= 15 is 0 Å². The van der Waals surface area contributed by atoms with Crippen molar-refractivity contribution < 1.29 is 0 Å². The molecule has 0 aliphatic heterocycles. The largest absolute Gasteiger partial charge is 0.303 e. The molecule has 0 N–H and O–H groups in total. The Balaban J connectivity index is 4.09. The third-order valence-electron chi connectivity index (χ3n) is 9.35. The second-order valence-corrected chi connectivity index (χ2v) is 13.4. The van der Waals surface area contributed by atoms with Crippen molar-refractivity contribution in [3.63, 3.8) is 0 Å². The third-order valence-corrected chi connectivity index (χ3v) is 9.58. The molecule has 0 aliphatic rings. The van der Waals surface area contributed by atoms with E-state index in [2.05, 4.69) is 44.9 Å². The third kappa shape index (κ3) is 25.8. The highest BCUT2D eigenvalue weighted by molar-refractivity contribution is 7.78. The average Bonchev–Trinajstić information content (AvgIpc) is 2.98. The molecule has 0 saturated carbocycles. The summed E-state index contributed by atoms with van der Waals surface area (Å²) in [5.74, 6) is 1.51. The van der Waals surface area contributed by atoms with E-state index in [4.69, 9.17) is 12.2 Å². The molecule has 0 rings (SSSR count). The summed E-state index contributed by atoms with van der Waals surface area (Å²) in [6, 6.07) is 0. The summed E-state index contributed by atoms with van der Waals surface area (Å²) in [5, 5.41) is 1.89. The van der Waals surface area contributed by atoms with Crippen molar-refractivity contribution in [2.45, 2.75) is 195 Å². The monoisotopic (exact) mass is 590 g/mol. The SMILES string of the molecule is C=C=C(CCCCCCCCCN(CCC)CCCCCCCCC=S)C(C)C(CCCCCC)CCCCCC. The maximum absolute atomic E-state index is 4.92. The lowest BCUT2D eigenvalue weighted by molar-refractivity contribution is 0.260. The van der Waals surface area contributed by atoms with Gasteiger partial charge in [0, 0.05) is 0 Å². The number of unbranched alkanes of at least 4 members (excludes halogenated alkanes) is 18. The molecule has 0 aromatic rings. The fraction of sp³-hybridized carbons (Fsp3) is 0.897. The summed E-state index contributed by atoms with van der Waals surface area (Å²) in [6.07, 6.45) is 35.5. The van der Waals surface area contributed by atoms with Crippen LogP contribution >= 0.6 is 12.2 Å². The van der Waals surface area contributed by atoms with Crippen molar-refractivity contribution in [1.82, 2.24) is 4.90 Å². The van der Waals surface area contributed by atoms with E-state index in [-0.39, 0.29) is 0 Å². The van der Waals surface area contributed by atoms with Crippen molar-refractivity contribution in [3.8, 4) is 0 Å². The molecule has 0 radical (unpaired) electrons. The number of nitrogens with zero attached hydrogens (tertiary/aromatic N) is 1. The summed E-state index contributed by atoms with van der Waals surface area (Å²) >= 11 is 4.92. The lowest BCUT2D eigenvalue weighted by atomic mass is 9.79. The lowest BCUT2D eigenvalue weighted by Crippen LogP contribution is -2.27. The maximum atomic E-state index is 4.92. The second-order valence-electron chi connectivity index (χ2n) is 13.1. The minimum Gasteiger partial charge on any atom is -0.303 e. The van der Waals surface area contributed by atoms with Gasteiger partial charge < -0.3 is 4.90 Å². The first-order valence-corrected chi connectivity index (χ1v) is 19.2. The van der Waals surface area contributed by atoms with E-state index in [1.165, 1.54) is 186 Å². The predicted octanol–water partition coefficient (Wildman–Crippen LogP) is 13.5. The summed E-state index contributed by atoms with van der Waals surface area (Å²) < 4.78 is 0. The van der Waals surface area contributed by atoms with Gasteiger partial charge in [-0.3, -0.25) is 0 Å². The van der Waals surface area contributed by atoms with E-state index in [1.54, 1.807) is 0 Å². The van der Waals surface area contributed by atoms with Crippen molar-refractivity contribution >= 4 is 17.6 Å². The zero-order chi connectivity index (χ0) is 30.2. The molecule has 0 aliphatic carbocycles. The number of hydrogen-bond acceptors (Lipinski definition) is 2. The molecule has 0 fully saturated rings. The quantitative estimate of drug-likeness (QED) is 0.0425. The van der Waals surface area contributed by atoms with Crippen LogP contribution < -0.4 is 0 Å². The van der Waals surface area contributed by atoms with Gasteiger partial charge in [-0.05, 0) is 100 Å². The summed E-state index contributed by atoms with van der Waals surface area (Å²) in [6.45, 7) is 17.5. The molecule has 2 heteroatoms. The van der Waals surface area contributed by atoms with E-state index in [1.807, 2.05) is 5.37 Å². The molecule has 0 aromatic carbocycles. The number of allylic oxidation sites excluding steroid dienone is 1. The molecule has 1 atom stereocenters. The molecule has 242 valence electrons. The van der Waals surface area contributed by atoms with Crippen molar-refractivity contribution in [2.75, 3.05) is 19.6 Å². The van der Waals surface area contributed by atoms with Gasteiger partial charge in [-0.15, -0.1) is 5.73 Å². The Morgan fingerprint density at radius 2 is 1.07 bits per heavy atom. The first-order valence-electron chi connectivity index (χ1n) is 18.7. The Kier molecular flexibility index (Phi) is 32.1. The molecule has 1 nitrogen and oxygen atoms in total. The van der Waals surface area contributed by atoms with Gasteiger partial charge in [0.25, 0.3) is 0 Å². The van der Waals surface area contributed by atoms with Crippen LogP contribution in [-0.4, -0.2) is 29.9 Å². The molecule has 0 bridgehead atoms. The summed E-state index contributed by atoms with van der Waals surface area (Å²) in [5.41, 5.74) is 4.94. The van der Waals surface area contributed by atoms with E-state index in [0.717, 1.165) is 12.3 Å². The predicted molar refractivity (Wildman–Crippen MR) is 192 cm³/mol. The zero-order valence-electron chi connectivity index (χ0n) is 28.8. The zero-order valence-corrected chi connectivity index (χ0v) is 29.6. The topological polar surface area (TPSA) is 3.24 Å². The highest BCUT2D eigenvalue weighted by Crippen LogP contribution is 2.32. The van der Waals surface area contributed by atoms with E-state index in [9.17, 15) is 0 Å². The fourth-order valence-electron chi connectivity index (χ4n) is 6.53. The van der Waals surface area contributed by atoms with Gasteiger partial charge in [-0.25, -0.2) is 0 Å². The number of hydrogen-bond donors (Lipinski definition) is 0. The van der Waals surface area contributed by atoms with Crippen LogP contribution in [0.5, 0.6) is 0 Å². The number of thiocarbonyl (C=S) groups is 1. The van der Waals surface area contributed by atoms with Gasteiger partial charge in [0.05, 0.1) is 0 Å². The van der Waals surface area contributed by atoms with Crippen LogP contribution in [0.25, 0.3) is 0 Å². The van der Waals surface area contributed by atoms with Crippen LogP contribution in [0.2, 0.25) is 0 Å². The summed E-state index contributed by atoms with van der Waals surface area (Å²) in [7, 11) is 0. The van der Waals surface area contributed by atoms with Gasteiger partial charge in [0.15, 0.2) is 0 Å². The second kappa shape index (κ2) is 32.5. The van der Waals surface area contributed by atoms with Crippen molar-refractivity contribution in [3.05, 3.63) is 17.9 Å². The standard InChI is InChI=1S/C39H75NS/c1-6-10-12-24-31-39(32-25-13-11-7-2)37(5)38(9-4)30-26-20-16-14-17-21-27-34-40(33-8-3)35-28-22-18-15-19-23-29-36-41/h36-37,39H,4,6-8,10-35H2,1-3,5H3. The highest BCUT2D eigenvalue weighted by atomic mass is 32.1. The van der Waals surface area contributed by atoms with Crippen LogP contribution in [0.1, 0.15) is 195 Å². The molecule has 1 unspecified atom stereocenters. The van der Waals surface area contributed by atoms with Crippen LogP contribution in [0.3, 0.4) is 0 Å². The van der Waals surface area contributed by atoms with Gasteiger partial charge in [0.1, 0.15) is 0 Å². The molecule has 0 aromatic heterocycles. The Hall–Kier alpha value is -0.430. The van der Waals surface area contributed by atoms with Gasteiger partial charge >= 0.3 is 0 Å². The van der Waals surface area contributed by atoms with Crippen LogP contribution in [0.15, 0.2) is 17.9 Å². The Morgan fingerprint density at radius 3 is 1.54 bits per heavy atom. The van der Waals surface area contributed by atoms with Crippen molar-refractivity contribution in [1.29, 1.82) is 0 Å². The van der Waals surface area contributed by atoms with Gasteiger partial charge in [-0.1, -0.05) is 156 Å². The smallest absolute Gasteiger partial charge is 0.00187 e. The highest BCUT2D eigenvalue weighted by Gasteiger charge is 2.20. The Bertz CT molecular complexity index is 580. The van der Waals surface area contributed by atoms with Gasteiger partial charge in [0.2, 0.25) is 0 Å². The van der Waals surface area contributed by atoms with E-state index in [0.29, 0.717) is 5.92 Å². The Labute approximate surface area is 265 Å². The normalized spacial score (nSPS) is 12.2. The fourth-order valence-corrected chi connectivity index (χ4v) is 6.70. The first kappa shape index (κ1) is 40.6.